The van der Waals surface area contributed by atoms with Crippen LogP contribution in [0.3, 0.4) is 0 Å². The number of H-pyrrole nitrogens is 1. The lowest BCUT2D eigenvalue weighted by Gasteiger charge is -1.95. The van der Waals surface area contributed by atoms with Gasteiger partial charge in [0.25, 0.3) is 5.56 Å². The van der Waals surface area contributed by atoms with Crippen molar-refractivity contribution in [2.24, 2.45) is 0 Å². The van der Waals surface area contributed by atoms with Gasteiger partial charge in [0, 0.05) is 24.7 Å². The van der Waals surface area contributed by atoms with E-state index in [1.807, 2.05) is 0 Å². The standard InChI is InChI=1S/C8H6N4O.ClH/c13-6-2-5-11-8(12-6)7-9-3-1-4-10-7;/h1-5H,(H,11,12,13);1H. The van der Waals surface area contributed by atoms with Crippen molar-refractivity contribution in [1.29, 1.82) is 0 Å². The highest BCUT2D eigenvalue weighted by atomic mass is 35.5. The van der Waals surface area contributed by atoms with Crippen molar-refractivity contribution in [2.75, 3.05) is 0 Å². The van der Waals surface area contributed by atoms with Gasteiger partial charge in [-0.1, -0.05) is 0 Å². The molecule has 0 aromatic carbocycles. The molecule has 14 heavy (non-hydrogen) atoms. The smallest absolute Gasteiger partial charge is 0.251 e. The van der Waals surface area contributed by atoms with E-state index < -0.39 is 0 Å². The Morgan fingerprint density at radius 2 is 1.79 bits per heavy atom. The van der Waals surface area contributed by atoms with Gasteiger partial charge in [0.15, 0.2) is 11.6 Å². The maximum atomic E-state index is 10.9. The summed E-state index contributed by atoms with van der Waals surface area (Å²) in [7, 11) is 0. The Balaban J connectivity index is 0.000000980. The quantitative estimate of drug-likeness (QED) is 0.750. The number of aromatic nitrogens is 4. The molecule has 0 aliphatic carbocycles. The average molecular weight is 211 g/mol. The van der Waals surface area contributed by atoms with Crippen LogP contribution in [0.2, 0.25) is 0 Å². The molecule has 0 saturated heterocycles. The van der Waals surface area contributed by atoms with Crippen LogP contribution in [0.25, 0.3) is 11.6 Å². The summed E-state index contributed by atoms with van der Waals surface area (Å²) in [4.78, 5) is 25.3. The van der Waals surface area contributed by atoms with Crippen molar-refractivity contribution in [1.82, 2.24) is 19.9 Å². The van der Waals surface area contributed by atoms with E-state index in [1.54, 1.807) is 18.5 Å². The maximum absolute atomic E-state index is 10.9. The molecule has 0 unspecified atom stereocenters. The second kappa shape index (κ2) is 4.48. The molecule has 2 aromatic heterocycles. The predicted octanol–water partition coefficient (Wildman–Crippen LogP) is 0.649. The van der Waals surface area contributed by atoms with Crippen LogP contribution in [0.5, 0.6) is 0 Å². The van der Waals surface area contributed by atoms with E-state index in [9.17, 15) is 4.79 Å². The highest BCUT2D eigenvalue weighted by Crippen LogP contribution is 2.02. The van der Waals surface area contributed by atoms with Gasteiger partial charge in [0.2, 0.25) is 0 Å². The molecule has 0 fully saturated rings. The van der Waals surface area contributed by atoms with Gasteiger partial charge in [-0.25, -0.2) is 15.0 Å². The van der Waals surface area contributed by atoms with Crippen LogP contribution >= 0.6 is 12.4 Å². The minimum atomic E-state index is -0.211. The topological polar surface area (TPSA) is 71.5 Å². The fraction of sp³-hybridized carbons (Fsp3) is 0. The van der Waals surface area contributed by atoms with E-state index in [1.165, 1.54) is 12.3 Å². The molecule has 0 bridgehead atoms. The number of aromatic amines is 1. The molecule has 0 aliphatic heterocycles. The Labute approximate surface area is 85.7 Å². The molecular weight excluding hydrogens is 204 g/mol. The monoisotopic (exact) mass is 210 g/mol. The second-order valence-electron chi connectivity index (χ2n) is 2.36. The van der Waals surface area contributed by atoms with E-state index in [2.05, 4.69) is 19.9 Å². The summed E-state index contributed by atoms with van der Waals surface area (Å²) in [5, 5.41) is 0. The fourth-order valence-corrected chi connectivity index (χ4v) is 0.905. The number of nitrogens with one attached hydrogen (secondary N) is 1. The maximum Gasteiger partial charge on any atom is 0.251 e. The lowest BCUT2D eigenvalue weighted by atomic mass is 10.5. The summed E-state index contributed by atoms with van der Waals surface area (Å²) in [5.74, 6) is 0.799. The van der Waals surface area contributed by atoms with E-state index in [0.717, 1.165) is 0 Å². The van der Waals surface area contributed by atoms with E-state index >= 15 is 0 Å². The number of rotatable bonds is 1. The first-order valence-corrected chi connectivity index (χ1v) is 3.69. The van der Waals surface area contributed by atoms with Crippen LogP contribution in [0, 0.1) is 0 Å². The minimum Gasteiger partial charge on any atom is -0.304 e. The van der Waals surface area contributed by atoms with E-state index in [4.69, 9.17) is 0 Å². The summed E-state index contributed by atoms with van der Waals surface area (Å²) in [6.07, 6.45) is 4.61. The highest BCUT2D eigenvalue weighted by molar-refractivity contribution is 5.85. The van der Waals surface area contributed by atoms with Gasteiger partial charge in [-0.15, -0.1) is 12.4 Å². The third-order valence-corrected chi connectivity index (χ3v) is 1.45. The first-order valence-electron chi connectivity index (χ1n) is 3.69. The summed E-state index contributed by atoms with van der Waals surface area (Å²) in [5.41, 5.74) is -0.211. The largest absolute Gasteiger partial charge is 0.304 e. The molecule has 0 atom stereocenters. The van der Waals surface area contributed by atoms with Crippen LogP contribution in [0.15, 0.2) is 35.5 Å². The summed E-state index contributed by atoms with van der Waals surface area (Å²) in [6.45, 7) is 0. The molecule has 2 heterocycles. The molecule has 0 amide bonds. The van der Waals surface area contributed by atoms with Crippen molar-refractivity contribution in [2.45, 2.75) is 0 Å². The van der Waals surface area contributed by atoms with Crippen molar-refractivity contribution < 1.29 is 0 Å². The average Bonchev–Trinajstić information content (AvgIpc) is 2.19. The molecule has 6 heteroatoms. The Hall–Kier alpha value is -1.75. The van der Waals surface area contributed by atoms with E-state index in [0.29, 0.717) is 11.6 Å². The summed E-state index contributed by atoms with van der Waals surface area (Å²) in [6, 6.07) is 3.04. The Kier molecular flexibility index (Phi) is 3.30. The number of hydrogen-bond acceptors (Lipinski definition) is 4. The number of hydrogen-bond donors (Lipinski definition) is 1. The molecule has 0 saturated carbocycles. The van der Waals surface area contributed by atoms with Gasteiger partial charge in [0.05, 0.1) is 0 Å². The van der Waals surface area contributed by atoms with Crippen molar-refractivity contribution in [3.8, 4) is 11.6 Å². The Bertz CT molecular complexity index is 456. The van der Waals surface area contributed by atoms with Gasteiger partial charge in [-0.3, -0.25) is 4.79 Å². The highest BCUT2D eigenvalue weighted by Gasteiger charge is 2.00. The third-order valence-electron chi connectivity index (χ3n) is 1.45. The minimum absolute atomic E-state index is 0. The van der Waals surface area contributed by atoms with Crippen LogP contribution in [0.1, 0.15) is 0 Å². The normalized spacial score (nSPS) is 9.14. The lowest BCUT2D eigenvalue weighted by Crippen LogP contribution is -2.07. The Morgan fingerprint density at radius 3 is 2.43 bits per heavy atom. The number of halogens is 1. The molecule has 0 aliphatic rings. The Morgan fingerprint density at radius 1 is 1.07 bits per heavy atom. The van der Waals surface area contributed by atoms with Crippen LogP contribution in [-0.4, -0.2) is 19.9 Å². The first kappa shape index (κ1) is 10.3. The molecule has 72 valence electrons. The zero-order valence-corrected chi connectivity index (χ0v) is 7.86. The lowest BCUT2D eigenvalue weighted by molar-refractivity contribution is 1.06. The van der Waals surface area contributed by atoms with Gasteiger partial charge in [-0.2, -0.15) is 0 Å². The van der Waals surface area contributed by atoms with Crippen molar-refractivity contribution >= 4 is 12.4 Å². The van der Waals surface area contributed by atoms with Crippen LogP contribution in [0.4, 0.5) is 0 Å². The van der Waals surface area contributed by atoms with Gasteiger partial charge >= 0.3 is 0 Å². The number of nitrogens with zero attached hydrogens (tertiary/aromatic N) is 3. The van der Waals surface area contributed by atoms with Gasteiger partial charge in [-0.05, 0) is 6.07 Å². The molecule has 1 N–H and O–H groups in total. The van der Waals surface area contributed by atoms with Gasteiger partial charge in [0.1, 0.15) is 0 Å². The molecule has 5 nitrogen and oxygen atoms in total. The molecule has 0 spiro atoms. The predicted molar refractivity (Wildman–Crippen MR) is 53.1 cm³/mol. The summed E-state index contributed by atoms with van der Waals surface area (Å²) >= 11 is 0. The van der Waals surface area contributed by atoms with Crippen molar-refractivity contribution in [3.63, 3.8) is 0 Å². The molecule has 0 radical (unpaired) electrons. The molecule has 2 rings (SSSR count). The second-order valence-corrected chi connectivity index (χ2v) is 2.36. The van der Waals surface area contributed by atoms with E-state index in [-0.39, 0.29) is 18.0 Å². The van der Waals surface area contributed by atoms with Crippen LogP contribution in [-0.2, 0) is 0 Å². The molecular formula is C8H7ClN4O. The third kappa shape index (κ3) is 2.14. The van der Waals surface area contributed by atoms with Crippen LogP contribution < -0.4 is 5.56 Å². The first-order chi connectivity index (χ1) is 6.36. The van der Waals surface area contributed by atoms with Gasteiger partial charge < -0.3 is 4.98 Å². The SMILES string of the molecule is Cl.O=c1ccnc(-c2ncccn2)[nH]1. The van der Waals surface area contributed by atoms with Crippen molar-refractivity contribution in [3.05, 3.63) is 41.1 Å². The summed E-state index contributed by atoms with van der Waals surface area (Å²) < 4.78 is 0. The molecule has 2 aromatic rings. The zero-order valence-electron chi connectivity index (χ0n) is 7.04. The fourth-order valence-electron chi connectivity index (χ4n) is 0.905. The zero-order chi connectivity index (χ0) is 9.10.